The van der Waals surface area contributed by atoms with Crippen molar-refractivity contribution in [2.45, 2.75) is 31.7 Å². The Kier molecular flexibility index (Phi) is 4.57. The summed E-state index contributed by atoms with van der Waals surface area (Å²) in [4.78, 5) is 6.65. The number of amidine groups is 1. The van der Waals surface area contributed by atoms with Gasteiger partial charge < -0.3 is 20.9 Å². The van der Waals surface area contributed by atoms with E-state index in [9.17, 15) is 0 Å². The minimum absolute atomic E-state index is 0.0669. The van der Waals surface area contributed by atoms with Gasteiger partial charge in [-0.25, -0.2) is 4.98 Å². The Morgan fingerprint density at radius 3 is 3.00 bits per heavy atom. The van der Waals surface area contributed by atoms with Crippen molar-refractivity contribution < 1.29 is 10.3 Å². The smallest absolute Gasteiger partial charge is 0.171 e. The van der Waals surface area contributed by atoms with Crippen molar-refractivity contribution >= 4 is 11.7 Å². The van der Waals surface area contributed by atoms with Crippen LogP contribution >= 0.6 is 0 Å². The molecule has 6 nitrogen and oxygen atoms in total. The highest BCUT2D eigenvalue weighted by Gasteiger charge is 2.24. The zero-order valence-corrected chi connectivity index (χ0v) is 10.9. The van der Waals surface area contributed by atoms with Crippen LogP contribution in [0.25, 0.3) is 0 Å². The molecule has 0 bridgehead atoms. The van der Waals surface area contributed by atoms with Gasteiger partial charge in [0.15, 0.2) is 5.84 Å². The van der Waals surface area contributed by atoms with E-state index in [-0.39, 0.29) is 12.4 Å². The molecule has 0 radical (unpaired) electrons. The molecular weight excluding hydrogens is 244 g/mol. The van der Waals surface area contributed by atoms with E-state index in [1.165, 1.54) is 0 Å². The number of hydrogen-bond donors (Lipinski definition) is 3. The third-order valence-electron chi connectivity index (χ3n) is 3.52. The molecule has 1 aliphatic rings. The summed E-state index contributed by atoms with van der Waals surface area (Å²) in [5.74, 6) is 0.979. The summed E-state index contributed by atoms with van der Waals surface area (Å²) in [5, 5.41) is 20.5. The van der Waals surface area contributed by atoms with E-state index >= 15 is 0 Å². The van der Waals surface area contributed by atoms with Crippen molar-refractivity contribution in [3.8, 4) is 0 Å². The van der Waals surface area contributed by atoms with Gasteiger partial charge in [-0.05, 0) is 37.8 Å². The predicted octanol–water partition coefficient (Wildman–Crippen LogP) is 0.917. The van der Waals surface area contributed by atoms with Crippen LogP contribution in [-0.2, 0) is 0 Å². The highest BCUT2D eigenvalue weighted by atomic mass is 16.4. The monoisotopic (exact) mass is 264 g/mol. The van der Waals surface area contributed by atoms with Gasteiger partial charge in [-0.3, -0.25) is 0 Å². The first-order valence-corrected chi connectivity index (χ1v) is 6.57. The first kappa shape index (κ1) is 13.6. The number of oxime groups is 1. The summed E-state index contributed by atoms with van der Waals surface area (Å²) < 4.78 is 0. The number of nitrogens with two attached hydrogens (primary N) is 1. The normalized spacial score (nSPS) is 19.9. The summed E-state index contributed by atoms with van der Waals surface area (Å²) in [6.07, 6.45) is 5.72. The van der Waals surface area contributed by atoms with Gasteiger partial charge in [0, 0.05) is 31.0 Å². The van der Waals surface area contributed by atoms with Crippen molar-refractivity contribution in [2.24, 2.45) is 10.9 Å². The molecule has 2 rings (SSSR count). The number of nitrogens with zero attached hydrogens (tertiary/aromatic N) is 3. The van der Waals surface area contributed by atoms with Crippen LogP contribution in [0.5, 0.6) is 0 Å². The molecule has 1 atom stereocenters. The maximum absolute atomic E-state index is 8.92. The van der Waals surface area contributed by atoms with Crippen molar-refractivity contribution in [1.29, 1.82) is 0 Å². The number of aliphatic hydroxyl groups is 1. The lowest BCUT2D eigenvalue weighted by Gasteiger charge is -2.25. The molecule has 1 aromatic heterocycles. The van der Waals surface area contributed by atoms with Gasteiger partial charge in [0.2, 0.25) is 0 Å². The number of pyridine rings is 1. The van der Waals surface area contributed by atoms with E-state index in [4.69, 9.17) is 16.0 Å². The first-order valence-electron chi connectivity index (χ1n) is 6.57. The largest absolute Gasteiger partial charge is 0.409 e. The van der Waals surface area contributed by atoms with Crippen molar-refractivity contribution in [1.82, 2.24) is 4.98 Å². The summed E-state index contributed by atoms with van der Waals surface area (Å²) in [7, 11) is 0. The summed E-state index contributed by atoms with van der Waals surface area (Å²) in [6, 6.07) is 4.15. The van der Waals surface area contributed by atoms with Gasteiger partial charge in [0.1, 0.15) is 5.82 Å². The Morgan fingerprint density at radius 2 is 2.37 bits per heavy atom. The van der Waals surface area contributed by atoms with E-state index in [0.717, 1.165) is 38.0 Å². The molecule has 0 saturated carbocycles. The van der Waals surface area contributed by atoms with Crippen LogP contribution in [0.2, 0.25) is 0 Å². The number of aliphatic hydroxyl groups excluding tert-OH is 1. The molecule has 19 heavy (non-hydrogen) atoms. The summed E-state index contributed by atoms with van der Waals surface area (Å²) in [5.41, 5.74) is 6.12. The van der Waals surface area contributed by atoms with Crippen LogP contribution < -0.4 is 10.6 Å². The number of anilines is 1. The zero-order chi connectivity index (χ0) is 13.7. The predicted molar refractivity (Wildman–Crippen MR) is 73.4 cm³/mol. The molecule has 6 heteroatoms. The van der Waals surface area contributed by atoms with Crippen molar-refractivity contribution in [2.75, 3.05) is 18.1 Å². The Hall–Kier alpha value is -1.82. The van der Waals surface area contributed by atoms with E-state index in [0.29, 0.717) is 11.6 Å². The quantitative estimate of drug-likeness (QED) is 0.318. The molecule has 0 spiro atoms. The highest BCUT2D eigenvalue weighted by Crippen LogP contribution is 2.26. The second-order valence-corrected chi connectivity index (χ2v) is 4.75. The molecule has 0 aromatic carbocycles. The molecule has 1 aliphatic heterocycles. The van der Waals surface area contributed by atoms with Gasteiger partial charge in [0.05, 0.1) is 0 Å². The number of rotatable bonds is 5. The SMILES string of the molecule is N/C(=N/O)c1ccc(N2CCCC2CCCO)nc1. The van der Waals surface area contributed by atoms with Crippen LogP contribution in [-0.4, -0.2) is 40.3 Å². The minimum atomic E-state index is 0.0669. The number of hydrogen-bond acceptors (Lipinski definition) is 5. The average Bonchev–Trinajstić information content (AvgIpc) is 2.92. The fourth-order valence-electron chi connectivity index (χ4n) is 2.53. The van der Waals surface area contributed by atoms with Gasteiger partial charge >= 0.3 is 0 Å². The van der Waals surface area contributed by atoms with Gasteiger partial charge in [-0.1, -0.05) is 5.16 Å². The van der Waals surface area contributed by atoms with E-state index < -0.39 is 0 Å². The topological polar surface area (TPSA) is 95.0 Å². The maximum Gasteiger partial charge on any atom is 0.171 e. The minimum Gasteiger partial charge on any atom is -0.409 e. The zero-order valence-electron chi connectivity index (χ0n) is 10.9. The van der Waals surface area contributed by atoms with E-state index in [1.54, 1.807) is 12.3 Å². The van der Waals surface area contributed by atoms with Crippen LogP contribution in [0.3, 0.4) is 0 Å². The Balaban J connectivity index is 2.08. The molecule has 1 aromatic rings. The van der Waals surface area contributed by atoms with Crippen LogP contribution in [0.4, 0.5) is 5.82 Å². The summed E-state index contributed by atoms with van der Waals surface area (Å²) in [6.45, 7) is 1.23. The van der Waals surface area contributed by atoms with Crippen LogP contribution in [0.1, 0.15) is 31.2 Å². The van der Waals surface area contributed by atoms with Gasteiger partial charge in [-0.15, -0.1) is 0 Å². The Morgan fingerprint density at radius 1 is 1.53 bits per heavy atom. The average molecular weight is 264 g/mol. The van der Waals surface area contributed by atoms with Crippen LogP contribution in [0, 0.1) is 0 Å². The third kappa shape index (κ3) is 3.14. The fraction of sp³-hybridized carbons (Fsp3) is 0.538. The van der Waals surface area contributed by atoms with Gasteiger partial charge in [0.25, 0.3) is 0 Å². The van der Waals surface area contributed by atoms with Crippen molar-refractivity contribution in [3.63, 3.8) is 0 Å². The van der Waals surface area contributed by atoms with Crippen LogP contribution in [0.15, 0.2) is 23.5 Å². The Bertz CT molecular complexity index is 433. The fourth-order valence-corrected chi connectivity index (χ4v) is 2.53. The second kappa shape index (κ2) is 6.38. The lowest BCUT2D eigenvalue weighted by molar-refractivity contribution is 0.279. The number of aromatic nitrogens is 1. The molecule has 1 unspecified atom stereocenters. The molecule has 1 saturated heterocycles. The molecule has 4 N–H and O–H groups in total. The van der Waals surface area contributed by atoms with Crippen molar-refractivity contribution in [3.05, 3.63) is 23.9 Å². The second-order valence-electron chi connectivity index (χ2n) is 4.75. The molecule has 1 fully saturated rings. The molecular formula is C13H20N4O2. The third-order valence-corrected chi connectivity index (χ3v) is 3.52. The lowest BCUT2D eigenvalue weighted by Crippen LogP contribution is -2.30. The Labute approximate surface area is 112 Å². The van der Waals surface area contributed by atoms with E-state index in [2.05, 4.69) is 15.0 Å². The molecule has 104 valence electrons. The lowest BCUT2D eigenvalue weighted by atomic mass is 10.1. The van der Waals surface area contributed by atoms with Gasteiger partial charge in [-0.2, -0.15) is 0 Å². The standard InChI is InChI=1S/C13H20N4O2/c14-13(16-19)10-5-6-12(15-9-10)17-7-1-3-11(17)4-2-8-18/h5-6,9,11,18-19H,1-4,7-8H2,(H2,14,16). The molecule has 2 heterocycles. The maximum atomic E-state index is 8.92. The first-order chi connectivity index (χ1) is 9.26. The highest BCUT2D eigenvalue weighted by molar-refractivity contribution is 5.96. The molecule has 0 aliphatic carbocycles. The summed E-state index contributed by atoms with van der Waals surface area (Å²) >= 11 is 0. The van der Waals surface area contributed by atoms with E-state index in [1.807, 2.05) is 6.07 Å². The molecule has 0 amide bonds.